The van der Waals surface area contributed by atoms with Gasteiger partial charge in [0.1, 0.15) is 11.8 Å². The van der Waals surface area contributed by atoms with Crippen LogP contribution < -0.4 is 5.32 Å². The minimum absolute atomic E-state index is 0.558. The van der Waals surface area contributed by atoms with E-state index in [0.717, 1.165) is 62.2 Å². The van der Waals surface area contributed by atoms with E-state index in [9.17, 15) is 4.79 Å². The highest BCUT2D eigenvalue weighted by molar-refractivity contribution is 6.42. The summed E-state index contributed by atoms with van der Waals surface area (Å²) < 4.78 is 0. The fourth-order valence-corrected chi connectivity index (χ4v) is 5.38. The van der Waals surface area contributed by atoms with Crippen molar-refractivity contribution in [3.05, 3.63) is 106 Å². The first-order valence-electron chi connectivity index (χ1n) is 12.5. The highest BCUT2D eigenvalue weighted by Gasteiger charge is 2.32. The van der Waals surface area contributed by atoms with E-state index in [4.69, 9.17) is 23.2 Å². The van der Waals surface area contributed by atoms with Crippen molar-refractivity contribution in [3.8, 4) is 0 Å². The number of carbonyl (C=O) groups excluding carboxylic acids is 1. The maximum atomic E-state index is 12.6. The number of benzene rings is 3. The quantitative estimate of drug-likeness (QED) is 0.297. The minimum Gasteiger partial charge on any atom is -0.303 e. The first-order chi connectivity index (χ1) is 17.1. The van der Waals surface area contributed by atoms with E-state index in [1.54, 1.807) is 0 Å². The van der Waals surface area contributed by atoms with Gasteiger partial charge in [-0.15, -0.1) is 0 Å². The highest BCUT2D eigenvalue weighted by atomic mass is 35.5. The Hall–Kier alpha value is -2.17. The zero-order valence-corrected chi connectivity index (χ0v) is 21.6. The molecule has 1 heterocycles. The number of hydrogen-bond donors (Lipinski definition) is 1. The molecule has 1 unspecified atom stereocenters. The molecule has 0 radical (unpaired) electrons. The van der Waals surface area contributed by atoms with Crippen LogP contribution in [0, 0.1) is 5.92 Å². The smallest absolute Gasteiger partial charge is 0.144 e. The number of halogens is 2. The standard InChI is InChI=1S/C30H34Cl2N2O/c31-28-12-11-25(22-29(28)32)13-17-33-30(23-35,27-9-5-2-6-10-27)16-20-34-18-14-26(15-19-34)21-24-7-3-1-4-8-24/h1-12,22-23,26,33H,13-21H2. The normalized spacial score (nSPS) is 16.6. The molecule has 0 saturated carbocycles. The maximum absolute atomic E-state index is 12.6. The molecular formula is C30H34Cl2N2O. The number of likely N-dealkylation sites (tertiary alicyclic amines) is 1. The van der Waals surface area contributed by atoms with E-state index in [2.05, 4.69) is 40.5 Å². The monoisotopic (exact) mass is 508 g/mol. The topological polar surface area (TPSA) is 32.3 Å². The summed E-state index contributed by atoms with van der Waals surface area (Å²) >= 11 is 12.2. The number of nitrogens with zero attached hydrogens (tertiary/aromatic N) is 1. The molecule has 5 heteroatoms. The SMILES string of the molecule is O=CC(CCN1CCC(Cc2ccccc2)CC1)(NCCc1ccc(Cl)c(Cl)c1)c1ccccc1. The third kappa shape index (κ3) is 7.17. The third-order valence-electron chi connectivity index (χ3n) is 7.22. The molecule has 1 fully saturated rings. The summed E-state index contributed by atoms with van der Waals surface area (Å²) in [4.78, 5) is 15.1. The van der Waals surface area contributed by atoms with E-state index in [1.165, 1.54) is 18.4 Å². The Morgan fingerprint density at radius 3 is 2.23 bits per heavy atom. The minimum atomic E-state index is -0.710. The second-order valence-electron chi connectivity index (χ2n) is 9.61. The summed E-state index contributed by atoms with van der Waals surface area (Å²) in [6, 6.07) is 26.6. The molecule has 4 rings (SSSR count). The summed E-state index contributed by atoms with van der Waals surface area (Å²) in [5.74, 6) is 0.739. The van der Waals surface area contributed by atoms with Crippen LogP contribution in [0.2, 0.25) is 10.0 Å². The Morgan fingerprint density at radius 1 is 0.886 bits per heavy atom. The Morgan fingerprint density at radius 2 is 1.57 bits per heavy atom. The molecule has 1 saturated heterocycles. The number of piperidine rings is 1. The number of aldehydes is 1. The molecule has 0 amide bonds. The van der Waals surface area contributed by atoms with Crippen LogP contribution in [0.15, 0.2) is 78.9 Å². The van der Waals surface area contributed by atoms with Gasteiger partial charge >= 0.3 is 0 Å². The molecule has 3 aromatic carbocycles. The van der Waals surface area contributed by atoms with E-state index in [-0.39, 0.29) is 0 Å². The van der Waals surface area contributed by atoms with E-state index < -0.39 is 5.54 Å². The van der Waals surface area contributed by atoms with Crippen molar-refractivity contribution in [1.82, 2.24) is 10.2 Å². The lowest BCUT2D eigenvalue weighted by atomic mass is 9.86. The first kappa shape index (κ1) is 25.9. The van der Waals surface area contributed by atoms with Gasteiger partial charge < -0.3 is 15.0 Å². The van der Waals surface area contributed by atoms with Crippen LogP contribution in [0.1, 0.15) is 36.0 Å². The molecule has 1 atom stereocenters. The lowest BCUT2D eigenvalue weighted by Crippen LogP contribution is -2.48. The van der Waals surface area contributed by atoms with Gasteiger partial charge in [0.25, 0.3) is 0 Å². The molecule has 3 nitrogen and oxygen atoms in total. The molecule has 1 aliphatic heterocycles. The van der Waals surface area contributed by atoms with Crippen molar-refractivity contribution in [2.24, 2.45) is 5.92 Å². The van der Waals surface area contributed by atoms with Gasteiger partial charge in [-0.25, -0.2) is 0 Å². The lowest BCUT2D eigenvalue weighted by Gasteiger charge is -2.36. The molecule has 1 aliphatic rings. The Kier molecular flexibility index (Phi) is 9.39. The van der Waals surface area contributed by atoms with Crippen LogP contribution in [-0.2, 0) is 23.2 Å². The van der Waals surface area contributed by atoms with Gasteiger partial charge in [0.05, 0.1) is 10.0 Å². The van der Waals surface area contributed by atoms with Crippen LogP contribution >= 0.6 is 23.2 Å². The van der Waals surface area contributed by atoms with Crippen molar-refractivity contribution >= 4 is 29.5 Å². The predicted molar refractivity (Wildman–Crippen MR) is 146 cm³/mol. The first-order valence-corrected chi connectivity index (χ1v) is 13.3. The molecule has 0 spiro atoms. The molecule has 0 aliphatic carbocycles. The third-order valence-corrected chi connectivity index (χ3v) is 7.96. The van der Waals surface area contributed by atoms with Gasteiger partial charge in [0, 0.05) is 13.1 Å². The van der Waals surface area contributed by atoms with Crippen LogP contribution in [0.3, 0.4) is 0 Å². The zero-order valence-electron chi connectivity index (χ0n) is 20.1. The Labute approximate surface area is 219 Å². The lowest BCUT2D eigenvalue weighted by molar-refractivity contribution is -0.114. The average Bonchev–Trinajstić information content (AvgIpc) is 2.90. The molecular weight excluding hydrogens is 475 g/mol. The largest absolute Gasteiger partial charge is 0.303 e. The summed E-state index contributed by atoms with van der Waals surface area (Å²) in [5.41, 5.74) is 2.84. The second-order valence-corrected chi connectivity index (χ2v) is 10.4. The van der Waals surface area contributed by atoms with Gasteiger partial charge in [-0.05, 0) is 79.9 Å². The Balaban J connectivity index is 1.35. The molecule has 0 bridgehead atoms. The second kappa shape index (κ2) is 12.7. The molecule has 3 aromatic rings. The van der Waals surface area contributed by atoms with E-state index >= 15 is 0 Å². The van der Waals surface area contributed by atoms with Crippen molar-refractivity contribution in [2.45, 2.75) is 37.6 Å². The summed E-state index contributed by atoms with van der Waals surface area (Å²) in [7, 11) is 0. The number of nitrogens with one attached hydrogen (secondary N) is 1. The highest BCUT2D eigenvalue weighted by Crippen LogP contribution is 2.27. The summed E-state index contributed by atoms with van der Waals surface area (Å²) in [5, 5.41) is 4.71. The number of carbonyl (C=O) groups is 1. The maximum Gasteiger partial charge on any atom is 0.144 e. The van der Waals surface area contributed by atoms with Crippen LogP contribution in [0.4, 0.5) is 0 Å². The van der Waals surface area contributed by atoms with E-state index in [0.29, 0.717) is 16.6 Å². The average molecular weight is 510 g/mol. The van der Waals surface area contributed by atoms with Crippen molar-refractivity contribution in [1.29, 1.82) is 0 Å². The van der Waals surface area contributed by atoms with Crippen LogP contribution in [0.5, 0.6) is 0 Å². The summed E-state index contributed by atoms with van der Waals surface area (Å²) in [6.07, 6.45) is 6.18. The van der Waals surface area contributed by atoms with Gasteiger partial charge in [-0.2, -0.15) is 0 Å². The molecule has 35 heavy (non-hydrogen) atoms. The summed E-state index contributed by atoms with van der Waals surface area (Å²) in [6.45, 7) is 3.74. The van der Waals surface area contributed by atoms with Gasteiger partial charge in [-0.1, -0.05) is 89.9 Å². The Bertz CT molecular complexity index is 1070. The van der Waals surface area contributed by atoms with Crippen LogP contribution in [0.25, 0.3) is 0 Å². The molecule has 1 N–H and O–H groups in total. The van der Waals surface area contributed by atoms with E-state index in [1.807, 2.05) is 48.5 Å². The fraction of sp³-hybridized carbons (Fsp3) is 0.367. The molecule has 184 valence electrons. The van der Waals surface area contributed by atoms with Gasteiger partial charge in [0.2, 0.25) is 0 Å². The predicted octanol–water partition coefficient (Wildman–Crippen LogP) is 6.56. The van der Waals surface area contributed by atoms with Gasteiger partial charge in [-0.3, -0.25) is 0 Å². The van der Waals surface area contributed by atoms with Crippen molar-refractivity contribution < 1.29 is 4.79 Å². The molecule has 0 aromatic heterocycles. The van der Waals surface area contributed by atoms with Gasteiger partial charge in [0.15, 0.2) is 0 Å². The fourth-order valence-electron chi connectivity index (χ4n) is 5.06. The van der Waals surface area contributed by atoms with Crippen molar-refractivity contribution in [3.63, 3.8) is 0 Å². The van der Waals surface area contributed by atoms with Crippen LogP contribution in [-0.4, -0.2) is 37.4 Å². The zero-order chi connectivity index (χ0) is 24.5. The van der Waals surface area contributed by atoms with Crippen molar-refractivity contribution in [2.75, 3.05) is 26.2 Å². The number of hydrogen-bond acceptors (Lipinski definition) is 3. The number of rotatable bonds is 11.